The topological polar surface area (TPSA) is 26.3 Å². The summed E-state index contributed by atoms with van der Waals surface area (Å²) in [5, 5.41) is 0. The first kappa shape index (κ1) is 20.5. The number of benzene rings is 3. The molecule has 0 N–H and O–H groups in total. The molecule has 1 atom stereocenters. The minimum atomic E-state index is -0.354. The molecule has 0 aliphatic heterocycles. The lowest BCUT2D eigenvalue weighted by Crippen LogP contribution is -2.02. The molecular weight excluding hydrogens is 363 g/mol. The Labute approximate surface area is 171 Å². The Morgan fingerprint density at radius 2 is 1.76 bits per heavy atom. The van der Waals surface area contributed by atoms with Crippen LogP contribution in [0, 0.1) is 19.7 Å². The van der Waals surface area contributed by atoms with Crippen LogP contribution < -0.4 is 0 Å². The Balaban J connectivity index is 1.87. The number of hydrogen-bond donors (Lipinski definition) is 0. The van der Waals surface area contributed by atoms with Gasteiger partial charge in [0.05, 0.1) is 12.7 Å². The van der Waals surface area contributed by atoms with Crippen LogP contribution in [-0.2, 0) is 11.2 Å². The highest BCUT2D eigenvalue weighted by Crippen LogP contribution is 2.25. The number of ether oxygens (including phenoxy) is 1. The van der Waals surface area contributed by atoms with Crippen molar-refractivity contribution in [2.45, 2.75) is 26.2 Å². The summed E-state index contributed by atoms with van der Waals surface area (Å²) in [6.45, 7) is 4.20. The molecule has 3 aromatic carbocycles. The lowest BCUT2D eigenvalue weighted by molar-refractivity contribution is 0.0600. The molecule has 1 unspecified atom stereocenters. The monoisotopic (exact) mass is 388 g/mol. The fourth-order valence-electron chi connectivity index (χ4n) is 3.29. The van der Waals surface area contributed by atoms with Crippen molar-refractivity contribution in [3.8, 4) is 0 Å². The predicted octanol–water partition coefficient (Wildman–Crippen LogP) is 6.27. The van der Waals surface area contributed by atoms with E-state index in [-0.39, 0.29) is 17.7 Å². The fourth-order valence-corrected chi connectivity index (χ4v) is 3.29. The third-order valence-corrected chi connectivity index (χ3v) is 5.16. The quantitative estimate of drug-likeness (QED) is 0.465. The van der Waals surface area contributed by atoms with Crippen molar-refractivity contribution in [2.24, 2.45) is 0 Å². The van der Waals surface area contributed by atoms with Crippen molar-refractivity contribution < 1.29 is 13.9 Å². The number of carbonyl (C=O) groups is 1. The Hall–Kier alpha value is -3.20. The summed E-state index contributed by atoms with van der Waals surface area (Å²) >= 11 is 0. The first-order valence-corrected chi connectivity index (χ1v) is 9.64. The second-order valence-electron chi connectivity index (χ2n) is 7.26. The molecule has 0 aromatic heterocycles. The van der Waals surface area contributed by atoms with Gasteiger partial charge in [0, 0.05) is 5.92 Å². The van der Waals surface area contributed by atoms with Gasteiger partial charge in [0.15, 0.2) is 0 Å². The van der Waals surface area contributed by atoms with E-state index < -0.39 is 0 Å². The standard InChI is InChI=1S/C26H25FO2/c1-18-7-8-21(15-19(18)2)16-24(23-5-4-6-25(27)17-23)14-11-20-9-12-22(13-10-20)26(28)29-3/h4-15,17,24H,16H2,1-3H3. The van der Waals surface area contributed by atoms with Crippen LogP contribution in [-0.4, -0.2) is 13.1 Å². The summed E-state index contributed by atoms with van der Waals surface area (Å²) in [6, 6.07) is 20.5. The molecule has 3 rings (SSSR count). The average Bonchev–Trinajstić information content (AvgIpc) is 2.73. The van der Waals surface area contributed by atoms with Crippen molar-refractivity contribution in [3.05, 3.63) is 112 Å². The number of allylic oxidation sites excluding steroid dienone is 1. The van der Waals surface area contributed by atoms with Gasteiger partial charge in [-0.2, -0.15) is 0 Å². The molecule has 29 heavy (non-hydrogen) atoms. The lowest BCUT2D eigenvalue weighted by atomic mass is 9.90. The highest BCUT2D eigenvalue weighted by atomic mass is 19.1. The van der Waals surface area contributed by atoms with Crippen LogP contribution in [0.3, 0.4) is 0 Å². The van der Waals surface area contributed by atoms with Gasteiger partial charge >= 0.3 is 5.97 Å². The van der Waals surface area contributed by atoms with Gasteiger partial charge in [-0.3, -0.25) is 0 Å². The largest absolute Gasteiger partial charge is 0.465 e. The van der Waals surface area contributed by atoms with Crippen LogP contribution in [0.1, 0.15) is 44.1 Å². The Morgan fingerprint density at radius 3 is 2.41 bits per heavy atom. The van der Waals surface area contributed by atoms with Gasteiger partial charge in [-0.25, -0.2) is 9.18 Å². The summed E-state index contributed by atoms with van der Waals surface area (Å²) in [5.74, 6) is -0.551. The van der Waals surface area contributed by atoms with Crippen molar-refractivity contribution in [2.75, 3.05) is 7.11 Å². The van der Waals surface area contributed by atoms with E-state index in [0.29, 0.717) is 5.56 Å². The molecule has 0 aliphatic carbocycles. The van der Waals surface area contributed by atoms with Crippen molar-refractivity contribution >= 4 is 12.0 Å². The number of halogens is 1. The minimum Gasteiger partial charge on any atom is -0.465 e. The van der Waals surface area contributed by atoms with Gasteiger partial charge in [0.1, 0.15) is 5.82 Å². The Bertz CT molecular complexity index is 1020. The molecule has 0 saturated heterocycles. The van der Waals surface area contributed by atoms with Crippen LogP contribution in [0.2, 0.25) is 0 Å². The Morgan fingerprint density at radius 1 is 1.00 bits per heavy atom. The fraction of sp³-hybridized carbons (Fsp3) is 0.192. The van der Waals surface area contributed by atoms with Crippen molar-refractivity contribution in [3.63, 3.8) is 0 Å². The molecule has 0 amide bonds. The van der Waals surface area contributed by atoms with Gasteiger partial charge < -0.3 is 4.74 Å². The zero-order valence-corrected chi connectivity index (χ0v) is 17.0. The summed E-state index contributed by atoms with van der Waals surface area (Å²) in [4.78, 5) is 11.6. The summed E-state index contributed by atoms with van der Waals surface area (Å²) in [6.07, 6.45) is 4.89. The summed E-state index contributed by atoms with van der Waals surface area (Å²) in [5.41, 5.74) is 6.15. The van der Waals surface area contributed by atoms with E-state index in [1.54, 1.807) is 24.3 Å². The zero-order valence-electron chi connectivity index (χ0n) is 17.0. The maximum Gasteiger partial charge on any atom is 0.337 e. The first-order valence-electron chi connectivity index (χ1n) is 9.64. The van der Waals surface area contributed by atoms with E-state index in [1.807, 2.05) is 24.3 Å². The molecule has 3 heteroatoms. The van der Waals surface area contributed by atoms with Crippen LogP contribution in [0.5, 0.6) is 0 Å². The third kappa shape index (κ3) is 5.41. The van der Waals surface area contributed by atoms with Gasteiger partial charge in [0.25, 0.3) is 0 Å². The maximum atomic E-state index is 13.8. The minimum absolute atomic E-state index is 0.0353. The number of methoxy groups -OCH3 is 1. The number of aryl methyl sites for hydroxylation is 2. The summed E-state index contributed by atoms with van der Waals surface area (Å²) < 4.78 is 18.6. The van der Waals surface area contributed by atoms with Gasteiger partial charge in [-0.1, -0.05) is 54.6 Å². The smallest absolute Gasteiger partial charge is 0.337 e. The van der Waals surface area contributed by atoms with E-state index in [1.165, 1.54) is 29.9 Å². The number of rotatable bonds is 6. The van der Waals surface area contributed by atoms with E-state index in [2.05, 4.69) is 38.1 Å². The maximum absolute atomic E-state index is 13.8. The van der Waals surface area contributed by atoms with Crippen LogP contribution in [0.15, 0.2) is 72.8 Å². The zero-order chi connectivity index (χ0) is 20.8. The van der Waals surface area contributed by atoms with Gasteiger partial charge in [0.2, 0.25) is 0 Å². The second kappa shape index (κ2) is 9.33. The van der Waals surface area contributed by atoms with E-state index >= 15 is 0 Å². The third-order valence-electron chi connectivity index (χ3n) is 5.16. The van der Waals surface area contributed by atoms with Crippen LogP contribution in [0.4, 0.5) is 4.39 Å². The van der Waals surface area contributed by atoms with Crippen LogP contribution in [0.25, 0.3) is 6.08 Å². The molecule has 2 nitrogen and oxygen atoms in total. The van der Waals surface area contributed by atoms with Crippen molar-refractivity contribution in [1.29, 1.82) is 0 Å². The normalized spacial score (nSPS) is 12.1. The summed E-state index contributed by atoms with van der Waals surface area (Å²) in [7, 11) is 1.37. The van der Waals surface area contributed by atoms with E-state index in [9.17, 15) is 9.18 Å². The predicted molar refractivity (Wildman–Crippen MR) is 116 cm³/mol. The average molecular weight is 388 g/mol. The molecule has 0 spiro atoms. The first-order chi connectivity index (χ1) is 14.0. The number of hydrogen-bond acceptors (Lipinski definition) is 2. The lowest BCUT2D eigenvalue weighted by Gasteiger charge is -2.15. The van der Waals surface area contributed by atoms with Crippen molar-refractivity contribution in [1.82, 2.24) is 0 Å². The van der Waals surface area contributed by atoms with E-state index in [0.717, 1.165) is 17.5 Å². The SMILES string of the molecule is COC(=O)c1ccc(C=CC(Cc2ccc(C)c(C)c2)c2cccc(F)c2)cc1. The highest BCUT2D eigenvalue weighted by Gasteiger charge is 2.11. The molecular formula is C26H25FO2. The molecule has 0 heterocycles. The van der Waals surface area contributed by atoms with Gasteiger partial charge in [-0.05, 0) is 72.4 Å². The van der Waals surface area contributed by atoms with Gasteiger partial charge in [-0.15, -0.1) is 0 Å². The van der Waals surface area contributed by atoms with Crippen LogP contribution >= 0.6 is 0 Å². The molecule has 148 valence electrons. The van der Waals surface area contributed by atoms with E-state index in [4.69, 9.17) is 4.74 Å². The number of carbonyl (C=O) groups excluding carboxylic acids is 1. The number of esters is 1. The molecule has 0 saturated carbocycles. The highest BCUT2D eigenvalue weighted by molar-refractivity contribution is 5.89. The molecule has 0 aliphatic rings. The molecule has 0 radical (unpaired) electrons. The molecule has 3 aromatic rings. The molecule has 0 fully saturated rings. The molecule has 0 bridgehead atoms. The second-order valence-corrected chi connectivity index (χ2v) is 7.26. The Kier molecular flexibility index (Phi) is 6.61.